The standard InChI is InChI=1S/2C29H38BrN3O3Si/c2*1-29(2,3)37(4,5)35-20-24-28(34)33(18-12-11-15-22-19-26(30)32-36-22)25-17-10-9-16-23(25)27(31-24)21-13-7-6-8-14-21/h2*6-10,13-14,16-17,22,24H,11-12,15,18-20H2,1-5H3/t22-,24+;22-,24-/m01/s1. The van der Waals surface area contributed by atoms with Gasteiger partial charge in [-0.1, -0.05) is 149 Å². The zero-order valence-electron chi connectivity index (χ0n) is 45.1. The van der Waals surface area contributed by atoms with Crippen molar-refractivity contribution in [2.24, 2.45) is 20.3 Å². The number of para-hydroxylation sites is 2. The Balaban J connectivity index is 0.000000216. The number of nitrogens with zero attached hydrogens (tertiary/aromatic N) is 6. The van der Waals surface area contributed by atoms with Gasteiger partial charge in [0.25, 0.3) is 11.8 Å². The molecular formula is C58H76Br2N6O6Si2. The molecule has 4 heterocycles. The Labute approximate surface area is 459 Å². The molecule has 396 valence electrons. The Bertz CT molecular complexity index is 2500. The molecule has 4 aliphatic heterocycles. The molecule has 4 aromatic carbocycles. The molecule has 0 aliphatic carbocycles. The second kappa shape index (κ2) is 25.0. The second-order valence-electron chi connectivity index (χ2n) is 22.7. The van der Waals surface area contributed by atoms with Crippen molar-refractivity contribution in [3.05, 3.63) is 131 Å². The molecule has 0 aromatic heterocycles. The molecular weight excluding hydrogens is 1090 g/mol. The summed E-state index contributed by atoms with van der Waals surface area (Å²) in [5, 5.41) is 8.08. The van der Waals surface area contributed by atoms with E-state index in [9.17, 15) is 9.59 Å². The van der Waals surface area contributed by atoms with Gasteiger partial charge < -0.3 is 28.3 Å². The van der Waals surface area contributed by atoms with Gasteiger partial charge in [-0.3, -0.25) is 19.6 Å². The van der Waals surface area contributed by atoms with Crippen molar-refractivity contribution in [3.63, 3.8) is 0 Å². The van der Waals surface area contributed by atoms with Crippen LogP contribution in [0.2, 0.25) is 36.3 Å². The number of fused-ring (bicyclic) bond motifs is 2. The fourth-order valence-electron chi connectivity index (χ4n) is 8.70. The van der Waals surface area contributed by atoms with Gasteiger partial charge in [0.05, 0.1) is 36.0 Å². The quantitative estimate of drug-likeness (QED) is 0.0721. The lowest BCUT2D eigenvalue weighted by molar-refractivity contribution is -0.121. The normalized spacial score (nSPS) is 20.2. The minimum absolute atomic E-state index is 0.000263. The van der Waals surface area contributed by atoms with E-state index in [1.807, 2.05) is 82.6 Å². The lowest BCUT2D eigenvalue weighted by Crippen LogP contribution is -2.46. The predicted octanol–water partition coefficient (Wildman–Crippen LogP) is 13.9. The summed E-state index contributed by atoms with van der Waals surface area (Å²) < 4.78 is 14.8. The first-order valence-corrected chi connectivity index (χ1v) is 33.7. The number of oxime groups is 2. The van der Waals surface area contributed by atoms with Crippen LogP contribution in [0.1, 0.15) is 115 Å². The van der Waals surface area contributed by atoms with Crippen molar-refractivity contribution >= 4 is 92.3 Å². The van der Waals surface area contributed by atoms with Crippen molar-refractivity contribution in [1.82, 2.24) is 0 Å². The lowest BCUT2D eigenvalue weighted by Gasteiger charge is -2.37. The fraction of sp³-hybridized carbons (Fsp3) is 0.483. The Hall–Kier alpha value is -4.59. The van der Waals surface area contributed by atoms with Crippen LogP contribution in [0.3, 0.4) is 0 Å². The summed E-state index contributed by atoms with van der Waals surface area (Å²) in [5.74, 6) is 0.000527. The van der Waals surface area contributed by atoms with Gasteiger partial charge >= 0.3 is 0 Å². The molecule has 74 heavy (non-hydrogen) atoms. The van der Waals surface area contributed by atoms with Crippen molar-refractivity contribution in [2.75, 3.05) is 36.1 Å². The van der Waals surface area contributed by atoms with E-state index in [1.165, 1.54) is 0 Å². The third kappa shape index (κ3) is 14.5. The predicted molar refractivity (Wildman–Crippen MR) is 315 cm³/mol. The van der Waals surface area contributed by atoms with Crippen LogP contribution in [-0.4, -0.2) is 99.7 Å². The number of hydrogen-bond acceptors (Lipinski definition) is 10. The summed E-state index contributed by atoms with van der Waals surface area (Å²) in [6.45, 7) is 24.0. The van der Waals surface area contributed by atoms with Gasteiger partial charge in [0.2, 0.25) is 0 Å². The van der Waals surface area contributed by atoms with Gasteiger partial charge in [0.15, 0.2) is 28.7 Å². The Morgan fingerprint density at radius 2 is 0.892 bits per heavy atom. The number of unbranched alkanes of at least 4 members (excludes halogenated alkanes) is 2. The molecule has 4 aliphatic rings. The lowest BCUT2D eigenvalue weighted by atomic mass is 10.00. The number of hydrogen-bond donors (Lipinski definition) is 0. The van der Waals surface area contributed by atoms with Crippen LogP contribution in [0.15, 0.2) is 129 Å². The molecule has 0 fully saturated rings. The number of benzene rings is 4. The minimum Gasteiger partial charge on any atom is -0.414 e. The third-order valence-corrected chi connectivity index (χ3v) is 25.1. The fourth-order valence-corrected chi connectivity index (χ4v) is 11.6. The van der Waals surface area contributed by atoms with Crippen LogP contribution < -0.4 is 9.80 Å². The summed E-state index contributed by atoms with van der Waals surface area (Å²) >= 11 is 6.81. The van der Waals surface area contributed by atoms with Crippen LogP contribution in [0.4, 0.5) is 11.4 Å². The maximum Gasteiger partial charge on any atom is 0.254 e. The van der Waals surface area contributed by atoms with Crippen molar-refractivity contribution in [1.29, 1.82) is 0 Å². The summed E-state index contributed by atoms with van der Waals surface area (Å²) in [4.78, 5) is 53.0. The van der Waals surface area contributed by atoms with Crippen molar-refractivity contribution in [2.45, 2.75) is 153 Å². The number of benzodiazepines with no additional fused rings is 2. The molecule has 0 N–H and O–H groups in total. The Morgan fingerprint density at radius 3 is 1.23 bits per heavy atom. The summed E-state index contributed by atoms with van der Waals surface area (Å²) in [7, 11) is -4.12. The van der Waals surface area contributed by atoms with E-state index >= 15 is 0 Å². The monoisotopic (exact) mass is 1170 g/mol. The molecule has 0 bridgehead atoms. The van der Waals surface area contributed by atoms with E-state index in [2.05, 4.69) is 146 Å². The largest absolute Gasteiger partial charge is 0.414 e. The first kappa shape index (κ1) is 57.1. The van der Waals surface area contributed by atoms with E-state index < -0.39 is 28.7 Å². The highest BCUT2D eigenvalue weighted by molar-refractivity contribution is 9.18. The zero-order chi connectivity index (χ0) is 53.3. The number of carbonyl (C=O) groups excluding carboxylic acids is 2. The van der Waals surface area contributed by atoms with Crippen LogP contribution in [0.5, 0.6) is 0 Å². The highest BCUT2D eigenvalue weighted by Crippen LogP contribution is 2.39. The Morgan fingerprint density at radius 1 is 0.541 bits per heavy atom. The van der Waals surface area contributed by atoms with Crippen LogP contribution in [-0.2, 0) is 28.1 Å². The van der Waals surface area contributed by atoms with Gasteiger partial charge in [-0.15, -0.1) is 0 Å². The highest BCUT2D eigenvalue weighted by Gasteiger charge is 2.41. The van der Waals surface area contributed by atoms with Gasteiger partial charge in [0, 0.05) is 48.2 Å². The molecule has 0 unspecified atom stereocenters. The molecule has 0 radical (unpaired) electrons. The molecule has 8 rings (SSSR count). The number of rotatable bonds is 18. The number of halogens is 2. The van der Waals surface area contributed by atoms with E-state index in [0.29, 0.717) is 13.1 Å². The second-order valence-corrected chi connectivity index (χ2v) is 34.1. The van der Waals surface area contributed by atoms with Gasteiger partial charge in [-0.05, 0) is 119 Å². The van der Waals surface area contributed by atoms with Crippen LogP contribution in [0, 0.1) is 0 Å². The molecule has 16 heteroatoms. The van der Waals surface area contributed by atoms with Crippen LogP contribution in [0.25, 0.3) is 0 Å². The number of anilines is 2. The summed E-state index contributed by atoms with van der Waals surface area (Å²) in [5.41, 5.74) is 7.48. The molecule has 4 aromatic rings. The molecule has 0 saturated carbocycles. The molecule has 4 atom stereocenters. The maximum absolute atomic E-state index is 14.1. The first-order chi connectivity index (χ1) is 35.1. The van der Waals surface area contributed by atoms with E-state index in [-0.39, 0.29) is 47.3 Å². The average molecular weight is 1170 g/mol. The molecule has 2 amide bonds. The van der Waals surface area contributed by atoms with E-state index in [4.69, 9.17) is 28.5 Å². The number of aliphatic imine (C=N–C) groups is 2. The SMILES string of the molecule is CC(C)(C)[Si](C)(C)OC[C@H]1N=C(c2ccccc2)c2ccccc2N(CCCC[C@@H]2CC(Br)=NO2)C1=O.CC(C)(C)[Si](C)(C)OC[C@H]1N=C(c2ccccc2)c2ccccc2N(CCCC[C@H]2CC(Br)=NO2)C1=O. The van der Waals surface area contributed by atoms with Crippen molar-refractivity contribution < 1.29 is 28.1 Å². The average Bonchev–Trinajstić information content (AvgIpc) is 3.94. The third-order valence-electron chi connectivity index (χ3n) is 15.2. The van der Waals surface area contributed by atoms with Crippen LogP contribution >= 0.6 is 31.9 Å². The highest BCUT2D eigenvalue weighted by atomic mass is 79.9. The maximum atomic E-state index is 14.1. The topological polar surface area (TPSA) is 127 Å². The van der Waals surface area contributed by atoms with E-state index in [1.54, 1.807) is 0 Å². The smallest absolute Gasteiger partial charge is 0.254 e. The Kier molecular flexibility index (Phi) is 19.3. The molecule has 0 spiro atoms. The minimum atomic E-state index is -2.06. The summed E-state index contributed by atoms with van der Waals surface area (Å²) in [6, 6.07) is 35.3. The van der Waals surface area contributed by atoms with Gasteiger partial charge in [-0.25, -0.2) is 0 Å². The number of carbonyl (C=O) groups is 2. The number of amides is 2. The molecule has 12 nitrogen and oxygen atoms in total. The zero-order valence-corrected chi connectivity index (χ0v) is 50.2. The first-order valence-electron chi connectivity index (χ1n) is 26.3. The summed E-state index contributed by atoms with van der Waals surface area (Å²) in [6.07, 6.45) is 7.30. The molecule has 0 saturated heterocycles. The van der Waals surface area contributed by atoms with Gasteiger partial charge in [0.1, 0.15) is 21.4 Å². The van der Waals surface area contributed by atoms with E-state index in [0.717, 1.165) is 106 Å². The van der Waals surface area contributed by atoms with Crippen molar-refractivity contribution in [3.8, 4) is 0 Å². The van der Waals surface area contributed by atoms with Gasteiger partial charge in [-0.2, -0.15) is 0 Å².